The molecule has 1 saturated carbocycles. The van der Waals surface area contributed by atoms with E-state index in [2.05, 4.69) is 49.7 Å². The first-order valence-electron chi connectivity index (χ1n) is 11.9. The number of hydrogen-bond donors (Lipinski definition) is 3. The maximum absolute atomic E-state index is 12.9. The van der Waals surface area contributed by atoms with E-state index in [4.69, 9.17) is 5.73 Å². The molecule has 3 aromatic rings. The Kier molecular flexibility index (Phi) is 6.10. The minimum Gasteiger partial charge on any atom is -0.364 e. The van der Waals surface area contributed by atoms with Crippen molar-refractivity contribution in [3.63, 3.8) is 0 Å². The second kappa shape index (κ2) is 9.36. The number of carbonyl (C=O) groups is 2. The smallest absolute Gasteiger partial charge is 0.271 e. The lowest BCUT2D eigenvalue weighted by molar-refractivity contribution is 0.0927. The van der Waals surface area contributed by atoms with Gasteiger partial charge in [0.15, 0.2) is 11.5 Å². The number of anilines is 3. The van der Waals surface area contributed by atoms with Gasteiger partial charge in [-0.1, -0.05) is 19.1 Å². The van der Waals surface area contributed by atoms with Crippen LogP contribution >= 0.6 is 0 Å². The van der Waals surface area contributed by atoms with Crippen LogP contribution in [0, 0.1) is 5.92 Å². The first-order valence-corrected chi connectivity index (χ1v) is 11.9. The molecule has 2 aliphatic rings. The fourth-order valence-corrected chi connectivity index (χ4v) is 4.66. The van der Waals surface area contributed by atoms with E-state index in [0.29, 0.717) is 35.4 Å². The third-order valence-electron chi connectivity index (χ3n) is 6.50. The van der Waals surface area contributed by atoms with Crippen molar-refractivity contribution in [2.45, 2.75) is 38.1 Å². The van der Waals surface area contributed by atoms with Crippen molar-refractivity contribution >= 4 is 29.1 Å². The number of aromatic nitrogens is 4. The van der Waals surface area contributed by atoms with Crippen molar-refractivity contribution in [3.8, 4) is 0 Å². The average Bonchev–Trinajstić information content (AvgIpc) is 3.60. The number of primary amides is 1. The molecular formula is C25H30N8O2. The molecule has 2 atom stereocenters. The molecule has 0 radical (unpaired) electrons. The number of benzene rings is 1. The molecule has 10 heteroatoms. The second-order valence-electron chi connectivity index (χ2n) is 9.63. The molecule has 2 amide bonds. The lowest BCUT2D eigenvalue weighted by Crippen LogP contribution is -2.50. The molecule has 3 heterocycles. The number of amides is 2. The van der Waals surface area contributed by atoms with Crippen LogP contribution in [-0.2, 0) is 7.05 Å². The van der Waals surface area contributed by atoms with Crippen LogP contribution in [-0.4, -0.2) is 50.7 Å². The number of nitrogens with one attached hydrogen (secondary N) is 2. The number of rotatable bonds is 7. The summed E-state index contributed by atoms with van der Waals surface area (Å²) in [6.07, 6.45) is 8.31. The van der Waals surface area contributed by atoms with Gasteiger partial charge in [-0.25, -0.2) is 9.97 Å². The molecule has 0 bridgehead atoms. The summed E-state index contributed by atoms with van der Waals surface area (Å²) in [5, 5.41) is 10.4. The summed E-state index contributed by atoms with van der Waals surface area (Å²) >= 11 is 0. The Labute approximate surface area is 203 Å². The average molecular weight is 475 g/mol. The van der Waals surface area contributed by atoms with E-state index in [0.717, 1.165) is 13.0 Å². The molecule has 1 aromatic carbocycles. The molecule has 10 nitrogen and oxygen atoms in total. The third-order valence-corrected chi connectivity index (χ3v) is 6.50. The number of aryl methyl sites for hydroxylation is 1. The highest BCUT2D eigenvalue weighted by Gasteiger charge is 2.28. The van der Waals surface area contributed by atoms with Crippen LogP contribution in [0.3, 0.4) is 0 Å². The first-order chi connectivity index (χ1) is 16.9. The van der Waals surface area contributed by atoms with Crippen LogP contribution in [0.1, 0.15) is 58.5 Å². The fraction of sp³-hybridized carbons (Fsp3) is 0.400. The highest BCUT2D eigenvalue weighted by molar-refractivity contribution is 5.96. The molecule has 35 heavy (non-hydrogen) atoms. The van der Waals surface area contributed by atoms with Gasteiger partial charge in [0.1, 0.15) is 5.82 Å². The second-order valence-corrected chi connectivity index (χ2v) is 9.63. The van der Waals surface area contributed by atoms with Crippen LogP contribution in [0.4, 0.5) is 17.3 Å². The predicted molar refractivity (Wildman–Crippen MR) is 133 cm³/mol. The van der Waals surface area contributed by atoms with Gasteiger partial charge in [0, 0.05) is 37.9 Å². The Balaban J connectivity index is 1.31. The minimum absolute atomic E-state index is 0.0401. The first kappa shape index (κ1) is 22.8. The van der Waals surface area contributed by atoms with Gasteiger partial charge in [-0.15, -0.1) is 0 Å². The van der Waals surface area contributed by atoms with Gasteiger partial charge in [-0.05, 0) is 48.8 Å². The topological polar surface area (TPSA) is 131 Å². The molecule has 4 N–H and O–H groups in total. The van der Waals surface area contributed by atoms with E-state index in [1.165, 1.54) is 18.4 Å². The number of nitrogens with two attached hydrogens (primary N) is 1. The van der Waals surface area contributed by atoms with Crippen molar-refractivity contribution < 1.29 is 9.59 Å². The zero-order valence-electron chi connectivity index (χ0n) is 19.9. The van der Waals surface area contributed by atoms with Crippen LogP contribution in [0.25, 0.3) is 0 Å². The molecule has 2 unspecified atom stereocenters. The summed E-state index contributed by atoms with van der Waals surface area (Å²) in [4.78, 5) is 35.9. The predicted octanol–water partition coefficient (Wildman–Crippen LogP) is 2.57. The van der Waals surface area contributed by atoms with Gasteiger partial charge < -0.3 is 21.3 Å². The normalized spacial score (nSPS) is 19.9. The van der Waals surface area contributed by atoms with Crippen molar-refractivity contribution in [2.75, 3.05) is 23.3 Å². The summed E-state index contributed by atoms with van der Waals surface area (Å²) in [5.41, 5.74) is 8.24. The Morgan fingerprint density at radius 1 is 1.11 bits per heavy atom. The number of piperidine rings is 1. The molecule has 0 spiro atoms. The van der Waals surface area contributed by atoms with Crippen molar-refractivity contribution in [2.24, 2.45) is 18.7 Å². The summed E-state index contributed by atoms with van der Waals surface area (Å²) in [6.45, 7) is 3.50. The maximum atomic E-state index is 12.9. The fourth-order valence-electron chi connectivity index (χ4n) is 4.66. The molecule has 5 rings (SSSR count). The van der Waals surface area contributed by atoms with E-state index < -0.39 is 5.91 Å². The number of hydrogen-bond acceptors (Lipinski definition) is 7. The van der Waals surface area contributed by atoms with Gasteiger partial charge in [0.25, 0.3) is 11.8 Å². The largest absolute Gasteiger partial charge is 0.364 e. The molecule has 1 aliphatic heterocycles. The lowest BCUT2D eigenvalue weighted by Gasteiger charge is -2.37. The number of nitrogens with zero attached hydrogens (tertiary/aromatic N) is 5. The van der Waals surface area contributed by atoms with Gasteiger partial charge >= 0.3 is 0 Å². The quantitative estimate of drug-likeness (QED) is 0.480. The molecule has 2 fully saturated rings. The summed E-state index contributed by atoms with van der Waals surface area (Å²) in [7, 11) is 1.80. The Morgan fingerprint density at radius 2 is 1.89 bits per heavy atom. The SMILES string of the molecule is CC1CC(NC(=O)c2ccc(C3CC3)cc2)CN(c2cnc(C(N)=O)c(Nc3cnn(C)c3)n2)C1. The van der Waals surface area contributed by atoms with Crippen molar-refractivity contribution in [1.82, 2.24) is 25.1 Å². The van der Waals surface area contributed by atoms with Gasteiger partial charge in [-0.2, -0.15) is 5.10 Å². The Morgan fingerprint density at radius 3 is 2.54 bits per heavy atom. The molecule has 182 valence electrons. The van der Waals surface area contributed by atoms with Gasteiger partial charge in [0.05, 0.1) is 18.1 Å². The van der Waals surface area contributed by atoms with Crippen LogP contribution in [0.5, 0.6) is 0 Å². The van der Waals surface area contributed by atoms with Crippen LogP contribution < -0.4 is 21.3 Å². The molecule has 1 aliphatic carbocycles. The van der Waals surface area contributed by atoms with Gasteiger partial charge in [-0.3, -0.25) is 14.3 Å². The summed E-state index contributed by atoms with van der Waals surface area (Å²) in [6, 6.07) is 7.92. The molecule has 2 aromatic heterocycles. The third kappa shape index (κ3) is 5.26. The van der Waals surface area contributed by atoms with Gasteiger partial charge in [0.2, 0.25) is 0 Å². The van der Waals surface area contributed by atoms with E-state index in [-0.39, 0.29) is 23.5 Å². The van der Waals surface area contributed by atoms with Crippen molar-refractivity contribution in [3.05, 3.63) is 59.7 Å². The summed E-state index contributed by atoms with van der Waals surface area (Å²) in [5.74, 6) is 1.15. The standard InChI is InChI=1S/C25H30N8O2/c1-15-9-19(30-25(35)18-7-5-17(6-8-18)16-3-4-16)14-33(12-15)21-11-27-22(23(26)34)24(31-21)29-20-10-28-32(2)13-20/h5-8,10-11,13,15-16,19H,3-4,9,12,14H2,1-2H3,(H2,26,34)(H,29,31)(H,30,35). The Bertz CT molecular complexity index is 1230. The van der Waals surface area contributed by atoms with Crippen molar-refractivity contribution in [1.29, 1.82) is 0 Å². The Hall–Kier alpha value is -3.95. The molecular weight excluding hydrogens is 444 g/mol. The zero-order chi connectivity index (χ0) is 24.5. The van der Waals surface area contributed by atoms with E-state index in [9.17, 15) is 9.59 Å². The van der Waals surface area contributed by atoms with Crippen LogP contribution in [0.2, 0.25) is 0 Å². The highest BCUT2D eigenvalue weighted by atomic mass is 16.2. The zero-order valence-corrected chi connectivity index (χ0v) is 19.9. The monoisotopic (exact) mass is 474 g/mol. The lowest BCUT2D eigenvalue weighted by atomic mass is 9.95. The van der Waals surface area contributed by atoms with E-state index >= 15 is 0 Å². The number of carbonyl (C=O) groups excluding carboxylic acids is 2. The van der Waals surface area contributed by atoms with E-state index in [1.54, 1.807) is 30.3 Å². The maximum Gasteiger partial charge on any atom is 0.271 e. The van der Waals surface area contributed by atoms with Crippen LogP contribution in [0.15, 0.2) is 42.9 Å². The minimum atomic E-state index is -0.666. The highest BCUT2D eigenvalue weighted by Crippen LogP contribution is 2.39. The molecule has 1 saturated heterocycles. The van der Waals surface area contributed by atoms with E-state index in [1.807, 2.05) is 12.1 Å². The summed E-state index contributed by atoms with van der Waals surface area (Å²) < 4.78 is 1.64.